The van der Waals surface area contributed by atoms with Crippen molar-refractivity contribution in [1.82, 2.24) is 14.5 Å². The van der Waals surface area contributed by atoms with Crippen LogP contribution >= 0.6 is 0 Å². The maximum absolute atomic E-state index is 11.5. The molecule has 0 atom stereocenters. The Morgan fingerprint density at radius 2 is 2.11 bits per heavy atom. The normalized spacial score (nSPS) is 11.1. The van der Waals surface area contributed by atoms with Crippen LogP contribution in [0, 0.1) is 0 Å². The molecule has 0 saturated carbocycles. The van der Waals surface area contributed by atoms with Gasteiger partial charge in [0.1, 0.15) is 12.4 Å². The van der Waals surface area contributed by atoms with E-state index in [0.717, 1.165) is 16.9 Å². The average molecular weight is 247 g/mol. The molecule has 0 fully saturated rings. The van der Waals surface area contributed by atoms with Gasteiger partial charge in [0.2, 0.25) is 0 Å². The van der Waals surface area contributed by atoms with Crippen molar-refractivity contribution in [1.29, 1.82) is 0 Å². The Labute approximate surface area is 106 Å². The van der Waals surface area contributed by atoms with Crippen molar-refractivity contribution in [3.8, 4) is 0 Å². The second-order valence-electron chi connectivity index (χ2n) is 4.42. The summed E-state index contributed by atoms with van der Waals surface area (Å²) in [7, 11) is 5.34. The third kappa shape index (κ3) is 2.51. The van der Waals surface area contributed by atoms with Gasteiger partial charge in [-0.1, -0.05) is 12.1 Å². The lowest BCUT2D eigenvalue weighted by Crippen LogP contribution is -2.19. The van der Waals surface area contributed by atoms with E-state index in [1.165, 1.54) is 7.11 Å². The van der Waals surface area contributed by atoms with Gasteiger partial charge in [0, 0.05) is 0 Å². The fourth-order valence-electron chi connectivity index (χ4n) is 1.90. The minimum absolute atomic E-state index is 0.195. The summed E-state index contributed by atoms with van der Waals surface area (Å²) in [5, 5.41) is 0. The van der Waals surface area contributed by atoms with Crippen LogP contribution in [-0.4, -0.2) is 41.6 Å². The average Bonchev–Trinajstić information content (AvgIpc) is 2.66. The van der Waals surface area contributed by atoms with Crippen molar-refractivity contribution >= 4 is 17.0 Å². The zero-order valence-corrected chi connectivity index (χ0v) is 10.9. The van der Waals surface area contributed by atoms with Crippen molar-refractivity contribution in [3.05, 3.63) is 30.1 Å². The second kappa shape index (κ2) is 5.18. The number of esters is 1. The molecule has 96 valence electrons. The summed E-state index contributed by atoms with van der Waals surface area (Å²) in [5.74, 6) is 0.602. The van der Waals surface area contributed by atoms with E-state index in [0.29, 0.717) is 6.54 Å². The van der Waals surface area contributed by atoms with Gasteiger partial charge in [-0.25, -0.2) is 4.98 Å². The number of carbonyl (C=O) groups excluding carboxylic acids is 1. The molecule has 0 aliphatic heterocycles. The smallest absolute Gasteiger partial charge is 0.325 e. The lowest BCUT2D eigenvalue weighted by molar-refractivity contribution is -0.141. The first-order valence-electron chi connectivity index (χ1n) is 5.77. The van der Waals surface area contributed by atoms with E-state index in [9.17, 15) is 4.79 Å². The molecule has 0 aliphatic carbocycles. The summed E-state index contributed by atoms with van der Waals surface area (Å²) >= 11 is 0. The predicted molar refractivity (Wildman–Crippen MR) is 69.1 cm³/mol. The highest BCUT2D eigenvalue weighted by Crippen LogP contribution is 2.16. The van der Waals surface area contributed by atoms with Gasteiger partial charge < -0.3 is 14.2 Å². The molecule has 0 aliphatic rings. The maximum atomic E-state index is 11.5. The van der Waals surface area contributed by atoms with E-state index in [4.69, 9.17) is 4.74 Å². The van der Waals surface area contributed by atoms with Crippen LogP contribution in [0.25, 0.3) is 11.0 Å². The molecule has 18 heavy (non-hydrogen) atoms. The molecule has 0 bridgehead atoms. The van der Waals surface area contributed by atoms with Crippen molar-refractivity contribution in [2.45, 2.75) is 13.1 Å². The quantitative estimate of drug-likeness (QED) is 0.763. The number of aromatic nitrogens is 2. The van der Waals surface area contributed by atoms with Gasteiger partial charge in [0.05, 0.1) is 24.7 Å². The summed E-state index contributed by atoms with van der Waals surface area (Å²) < 4.78 is 6.64. The Bertz CT molecular complexity index is 560. The van der Waals surface area contributed by atoms with E-state index in [-0.39, 0.29) is 12.5 Å². The molecule has 0 amide bonds. The molecule has 0 spiro atoms. The highest BCUT2D eigenvalue weighted by Gasteiger charge is 2.13. The lowest BCUT2D eigenvalue weighted by atomic mass is 10.3. The van der Waals surface area contributed by atoms with Crippen molar-refractivity contribution in [3.63, 3.8) is 0 Å². The SMILES string of the molecule is COC(=O)Cn1c(CN(C)C)nc2ccccc21. The van der Waals surface area contributed by atoms with Gasteiger partial charge in [-0.05, 0) is 26.2 Å². The maximum Gasteiger partial charge on any atom is 0.325 e. The van der Waals surface area contributed by atoms with Crippen molar-refractivity contribution < 1.29 is 9.53 Å². The van der Waals surface area contributed by atoms with E-state index in [2.05, 4.69) is 4.98 Å². The number of benzene rings is 1. The summed E-state index contributed by atoms with van der Waals surface area (Å²) in [6, 6.07) is 7.79. The van der Waals surface area contributed by atoms with Crippen LogP contribution in [-0.2, 0) is 22.6 Å². The number of nitrogens with zero attached hydrogens (tertiary/aromatic N) is 3. The van der Waals surface area contributed by atoms with Crippen molar-refractivity contribution in [2.75, 3.05) is 21.2 Å². The number of para-hydroxylation sites is 2. The van der Waals surface area contributed by atoms with Gasteiger partial charge in [-0.2, -0.15) is 0 Å². The molecule has 0 saturated heterocycles. The Hall–Kier alpha value is -1.88. The minimum atomic E-state index is -0.266. The topological polar surface area (TPSA) is 47.4 Å². The number of hydrogen-bond acceptors (Lipinski definition) is 4. The van der Waals surface area contributed by atoms with Gasteiger partial charge in [0.15, 0.2) is 0 Å². The number of ether oxygens (including phenoxy) is 1. The van der Waals surface area contributed by atoms with Gasteiger partial charge >= 0.3 is 5.97 Å². The van der Waals surface area contributed by atoms with Gasteiger partial charge in [-0.3, -0.25) is 4.79 Å². The number of rotatable bonds is 4. The van der Waals surface area contributed by atoms with E-state index in [1.54, 1.807) is 0 Å². The highest BCUT2D eigenvalue weighted by atomic mass is 16.5. The summed E-state index contributed by atoms with van der Waals surface area (Å²) in [6.45, 7) is 0.881. The molecule has 0 unspecified atom stereocenters. The molecule has 1 aromatic heterocycles. The molecule has 1 heterocycles. The lowest BCUT2D eigenvalue weighted by Gasteiger charge is -2.11. The first-order valence-corrected chi connectivity index (χ1v) is 5.77. The molecule has 2 aromatic rings. The number of carbonyl (C=O) groups is 1. The summed E-state index contributed by atoms with van der Waals surface area (Å²) in [5.41, 5.74) is 1.86. The van der Waals surface area contributed by atoms with Crippen LogP contribution in [0.4, 0.5) is 0 Å². The van der Waals surface area contributed by atoms with E-state index in [1.807, 2.05) is 47.8 Å². The van der Waals surface area contributed by atoms with Crippen LogP contribution in [0.5, 0.6) is 0 Å². The Morgan fingerprint density at radius 1 is 1.39 bits per heavy atom. The first kappa shape index (κ1) is 12.6. The molecule has 0 N–H and O–H groups in total. The molecule has 2 rings (SSSR count). The minimum Gasteiger partial charge on any atom is -0.468 e. The summed E-state index contributed by atoms with van der Waals surface area (Å²) in [4.78, 5) is 18.1. The van der Waals surface area contributed by atoms with Gasteiger partial charge in [0.25, 0.3) is 0 Å². The Balaban J connectivity index is 2.47. The van der Waals surface area contributed by atoms with E-state index < -0.39 is 0 Å². The number of imidazole rings is 1. The fraction of sp³-hybridized carbons (Fsp3) is 0.385. The first-order chi connectivity index (χ1) is 8.61. The highest BCUT2D eigenvalue weighted by molar-refractivity contribution is 5.78. The van der Waals surface area contributed by atoms with Crippen LogP contribution < -0.4 is 0 Å². The van der Waals surface area contributed by atoms with E-state index >= 15 is 0 Å². The second-order valence-corrected chi connectivity index (χ2v) is 4.42. The largest absolute Gasteiger partial charge is 0.468 e. The zero-order valence-electron chi connectivity index (χ0n) is 10.9. The number of hydrogen-bond donors (Lipinski definition) is 0. The van der Waals surface area contributed by atoms with Crippen LogP contribution in [0.2, 0.25) is 0 Å². The molecule has 1 aromatic carbocycles. The molecule has 0 radical (unpaired) electrons. The molecular weight excluding hydrogens is 230 g/mol. The number of fused-ring (bicyclic) bond motifs is 1. The number of methoxy groups -OCH3 is 1. The van der Waals surface area contributed by atoms with Gasteiger partial charge in [-0.15, -0.1) is 0 Å². The summed E-state index contributed by atoms with van der Waals surface area (Å²) in [6.07, 6.45) is 0. The Kier molecular flexibility index (Phi) is 3.62. The van der Waals surface area contributed by atoms with Crippen LogP contribution in [0.15, 0.2) is 24.3 Å². The zero-order chi connectivity index (χ0) is 13.1. The van der Waals surface area contributed by atoms with Crippen LogP contribution in [0.3, 0.4) is 0 Å². The molecule has 5 nitrogen and oxygen atoms in total. The molecule has 5 heteroatoms. The van der Waals surface area contributed by atoms with Crippen molar-refractivity contribution in [2.24, 2.45) is 0 Å². The fourth-order valence-corrected chi connectivity index (χ4v) is 1.90. The third-order valence-corrected chi connectivity index (χ3v) is 2.71. The third-order valence-electron chi connectivity index (χ3n) is 2.71. The predicted octanol–water partition coefficient (Wildman–Crippen LogP) is 1.27. The van der Waals surface area contributed by atoms with Crippen LogP contribution in [0.1, 0.15) is 5.82 Å². The Morgan fingerprint density at radius 3 is 2.78 bits per heavy atom. The standard InChI is InChI=1S/C13H17N3O2/c1-15(2)8-12-14-10-6-4-5-7-11(10)16(12)9-13(17)18-3/h4-7H,8-9H2,1-3H3. The monoisotopic (exact) mass is 247 g/mol. The molecular formula is C13H17N3O2.